The molecule has 1 amide bonds. The lowest BCUT2D eigenvalue weighted by Crippen LogP contribution is -2.40. The summed E-state index contributed by atoms with van der Waals surface area (Å²) in [6.45, 7) is 1.42. The summed E-state index contributed by atoms with van der Waals surface area (Å²) in [5.74, 6) is -2.14. The minimum absolute atomic E-state index is 0.0903. The Morgan fingerprint density at radius 1 is 1.17 bits per heavy atom. The second-order valence-electron chi connectivity index (χ2n) is 9.12. The van der Waals surface area contributed by atoms with Crippen molar-refractivity contribution in [2.75, 3.05) is 0 Å². The Balaban J connectivity index is 1.54. The number of aromatic nitrogens is 3. The van der Waals surface area contributed by atoms with Crippen molar-refractivity contribution in [3.63, 3.8) is 0 Å². The van der Waals surface area contributed by atoms with Crippen molar-refractivity contribution in [1.29, 1.82) is 0 Å². The van der Waals surface area contributed by atoms with Crippen LogP contribution >= 0.6 is 0 Å². The molecule has 0 unspecified atom stereocenters. The van der Waals surface area contributed by atoms with Crippen LogP contribution in [-0.2, 0) is 6.54 Å². The molecule has 2 N–H and O–H groups in total. The average molecular weight is 491 g/mol. The lowest BCUT2D eigenvalue weighted by molar-refractivity contribution is 0.0874. The van der Waals surface area contributed by atoms with Crippen LogP contribution in [0.2, 0.25) is 0 Å². The van der Waals surface area contributed by atoms with Crippen molar-refractivity contribution >= 4 is 16.8 Å². The molecule has 0 spiro atoms. The van der Waals surface area contributed by atoms with Crippen molar-refractivity contribution in [1.82, 2.24) is 19.9 Å². The Labute approximate surface area is 205 Å². The summed E-state index contributed by atoms with van der Waals surface area (Å²) in [4.78, 5) is 34.5. The van der Waals surface area contributed by atoms with E-state index in [1.807, 2.05) is 6.92 Å². The summed E-state index contributed by atoms with van der Waals surface area (Å²) < 4.78 is 31.3. The average Bonchev–Trinajstić information content (AvgIpc) is 3.26. The van der Waals surface area contributed by atoms with Crippen LogP contribution in [0.1, 0.15) is 40.7 Å². The van der Waals surface area contributed by atoms with Gasteiger partial charge in [-0.3, -0.25) is 19.6 Å². The molecule has 184 valence electrons. The van der Waals surface area contributed by atoms with Crippen molar-refractivity contribution in [2.45, 2.75) is 44.9 Å². The Kier molecular flexibility index (Phi) is 6.32. The molecule has 1 aliphatic carbocycles. The third kappa shape index (κ3) is 4.49. The molecule has 36 heavy (non-hydrogen) atoms. The van der Waals surface area contributed by atoms with E-state index in [0.717, 1.165) is 16.6 Å². The number of carbonyl (C=O) groups is 1. The number of halogens is 2. The molecule has 5 rings (SSSR count). The van der Waals surface area contributed by atoms with Gasteiger partial charge in [0.25, 0.3) is 11.5 Å². The summed E-state index contributed by atoms with van der Waals surface area (Å²) >= 11 is 0. The van der Waals surface area contributed by atoms with Crippen molar-refractivity contribution in [3.05, 3.63) is 93.8 Å². The molecule has 1 saturated carbocycles. The molecule has 9 heteroatoms. The maximum absolute atomic E-state index is 15.1. The number of rotatable bonds is 5. The maximum atomic E-state index is 15.1. The topological polar surface area (TPSA) is 97.1 Å². The molecule has 0 bridgehead atoms. The number of nitrogens with zero attached hydrogens (tertiary/aromatic N) is 3. The van der Waals surface area contributed by atoms with Crippen LogP contribution in [0, 0.1) is 18.6 Å². The van der Waals surface area contributed by atoms with E-state index in [9.17, 15) is 14.7 Å². The van der Waals surface area contributed by atoms with Gasteiger partial charge in [-0.1, -0.05) is 0 Å². The Morgan fingerprint density at radius 3 is 2.64 bits per heavy atom. The molecule has 1 aliphatic rings. The number of amides is 1. The highest BCUT2D eigenvalue weighted by Crippen LogP contribution is 2.26. The summed E-state index contributed by atoms with van der Waals surface area (Å²) in [5.41, 5.74) is 1.20. The molecule has 2 atom stereocenters. The quantitative estimate of drug-likeness (QED) is 0.444. The van der Waals surface area contributed by atoms with E-state index in [1.54, 1.807) is 18.3 Å². The highest BCUT2D eigenvalue weighted by molar-refractivity contribution is 6.05. The van der Waals surface area contributed by atoms with Crippen LogP contribution in [0.3, 0.4) is 0 Å². The van der Waals surface area contributed by atoms with Gasteiger partial charge in [-0.15, -0.1) is 0 Å². The number of hydrogen-bond acceptors (Lipinski definition) is 5. The van der Waals surface area contributed by atoms with Crippen LogP contribution in [0.5, 0.6) is 0 Å². The minimum atomic E-state index is -0.815. The molecule has 0 aliphatic heterocycles. The molecule has 0 radical (unpaired) electrons. The normalized spacial score (nSPS) is 17.4. The number of nitrogens with one attached hydrogen (secondary N) is 1. The van der Waals surface area contributed by atoms with Gasteiger partial charge < -0.3 is 15.0 Å². The second kappa shape index (κ2) is 9.58. The zero-order chi connectivity index (χ0) is 25.4. The van der Waals surface area contributed by atoms with Crippen molar-refractivity contribution < 1.29 is 18.7 Å². The lowest BCUT2D eigenvalue weighted by Gasteiger charge is -2.18. The zero-order valence-corrected chi connectivity index (χ0v) is 19.5. The molecule has 1 aromatic carbocycles. The van der Waals surface area contributed by atoms with Gasteiger partial charge in [0.1, 0.15) is 11.6 Å². The first-order chi connectivity index (χ1) is 17.3. The number of benzene rings is 1. The lowest BCUT2D eigenvalue weighted by atomic mass is 10.0. The van der Waals surface area contributed by atoms with Gasteiger partial charge in [0, 0.05) is 35.9 Å². The molecule has 0 saturated heterocycles. The monoisotopic (exact) mass is 490 g/mol. The number of fused-ring (bicyclic) bond motifs is 1. The van der Waals surface area contributed by atoms with E-state index < -0.39 is 41.8 Å². The number of pyridine rings is 3. The Hall–Kier alpha value is -3.98. The molecule has 4 aromatic rings. The van der Waals surface area contributed by atoms with Crippen LogP contribution in [0.4, 0.5) is 8.78 Å². The summed E-state index contributed by atoms with van der Waals surface area (Å²) in [6, 6.07) is 6.85. The predicted octanol–water partition coefficient (Wildman–Crippen LogP) is 3.74. The summed E-state index contributed by atoms with van der Waals surface area (Å²) in [5, 5.41) is 13.1. The molecular weight excluding hydrogens is 466 g/mol. The number of aryl methyl sites for hydroxylation is 1. The molecule has 3 aromatic heterocycles. The number of aliphatic hydroxyl groups excluding tert-OH is 1. The SMILES string of the molecule is Cc1cncc(-c2cc(F)c(Cn3cc(C(=O)N[C@H]4CCC[C@@H]4O)c4ncccc4c3=O)c(F)c2)c1. The van der Waals surface area contributed by atoms with Gasteiger partial charge in [-0.25, -0.2) is 8.78 Å². The zero-order valence-electron chi connectivity index (χ0n) is 19.5. The first-order valence-electron chi connectivity index (χ1n) is 11.7. The number of hydrogen-bond donors (Lipinski definition) is 2. The van der Waals surface area contributed by atoms with Crippen LogP contribution in [0.25, 0.3) is 22.0 Å². The highest BCUT2D eigenvalue weighted by Gasteiger charge is 2.28. The second-order valence-corrected chi connectivity index (χ2v) is 9.12. The fourth-order valence-corrected chi connectivity index (χ4v) is 4.67. The standard InChI is InChI=1S/C27H24F2N4O3/c1-15-8-17(12-30-11-15)16-9-21(28)19(22(29)10-16)13-33-14-20(25-18(27(33)36)4-3-7-31-25)26(35)32-23-5-2-6-24(23)34/h3-4,7-12,14,23-24,34H,2,5-6,13H2,1H3,(H,32,35)/t23-,24-/m0/s1. The Morgan fingerprint density at radius 2 is 1.94 bits per heavy atom. The van der Waals surface area contributed by atoms with Gasteiger partial charge in [0.05, 0.1) is 35.2 Å². The molecule has 1 fully saturated rings. The number of carbonyl (C=O) groups excluding carboxylic acids is 1. The fraction of sp³-hybridized carbons (Fsp3) is 0.259. The van der Waals surface area contributed by atoms with Crippen LogP contribution in [-0.4, -0.2) is 37.7 Å². The van der Waals surface area contributed by atoms with E-state index >= 15 is 8.78 Å². The van der Waals surface area contributed by atoms with Crippen molar-refractivity contribution in [3.8, 4) is 11.1 Å². The number of aliphatic hydroxyl groups is 1. The van der Waals surface area contributed by atoms with Gasteiger partial charge in [0.15, 0.2) is 0 Å². The van der Waals surface area contributed by atoms with Gasteiger partial charge in [-0.05, 0) is 67.6 Å². The summed E-state index contributed by atoms with van der Waals surface area (Å²) in [7, 11) is 0. The Bertz CT molecular complexity index is 1510. The first kappa shape index (κ1) is 23.7. The third-order valence-corrected chi connectivity index (χ3v) is 6.56. The molecule has 7 nitrogen and oxygen atoms in total. The predicted molar refractivity (Wildman–Crippen MR) is 131 cm³/mol. The first-order valence-corrected chi connectivity index (χ1v) is 11.7. The highest BCUT2D eigenvalue weighted by atomic mass is 19.1. The van der Waals surface area contributed by atoms with Gasteiger partial charge in [0.2, 0.25) is 0 Å². The largest absolute Gasteiger partial charge is 0.391 e. The van der Waals surface area contributed by atoms with Gasteiger partial charge in [-0.2, -0.15) is 0 Å². The van der Waals surface area contributed by atoms with Crippen LogP contribution in [0.15, 0.2) is 59.9 Å². The van der Waals surface area contributed by atoms with E-state index in [0.29, 0.717) is 24.0 Å². The van der Waals surface area contributed by atoms with E-state index in [-0.39, 0.29) is 22.0 Å². The fourth-order valence-electron chi connectivity index (χ4n) is 4.67. The van der Waals surface area contributed by atoms with E-state index in [1.165, 1.54) is 36.8 Å². The van der Waals surface area contributed by atoms with E-state index in [2.05, 4.69) is 15.3 Å². The van der Waals surface area contributed by atoms with Crippen LogP contribution < -0.4 is 10.9 Å². The minimum Gasteiger partial charge on any atom is -0.391 e. The molecular formula is C27H24F2N4O3. The molecule has 3 heterocycles. The maximum Gasteiger partial charge on any atom is 0.260 e. The summed E-state index contributed by atoms with van der Waals surface area (Å²) in [6.07, 6.45) is 7.27. The van der Waals surface area contributed by atoms with Crippen molar-refractivity contribution in [2.24, 2.45) is 0 Å². The van der Waals surface area contributed by atoms with E-state index in [4.69, 9.17) is 0 Å². The van der Waals surface area contributed by atoms with Gasteiger partial charge >= 0.3 is 0 Å². The smallest absolute Gasteiger partial charge is 0.260 e. The third-order valence-electron chi connectivity index (χ3n) is 6.56.